The summed E-state index contributed by atoms with van der Waals surface area (Å²) >= 11 is 1.80. The Balaban J connectivity index is 1.14. The van der Waals surface area contributed by atoms with Crippen LogP contribution in [0.1, 0.15) is 32.1 Å². The third-order valence-electron chi connectivity index (χ3n) is 7.98. The van der Waals surface area contributed by atoms with Gasteiger partial charge in [-0.2, -0.15) is 4.31 Å². The van der Waals surface area contributed by atoms with E-state index in [0.717, 1.165) is 70.3 Å². The molecule has 0 aliphatic carbocycles. The molecule has 0 N–H and O–H groups in total. The minimum atomic E-state index is -3.61. The number of fused-ring (bicyclic) bond motifs is 2. The lowest BCUT2D eigenvalue weighted by atomic mass is 10.1. The van der Waals surface area contributed by atoms with Gasteiger partial charge in [-0.1, -0.05) is 25.0 Å². The molecule has 2 fully saturated rings. The number of sulfonamides is 1. The number of rotatable bonds is 6. The van der Waals surface area contributed by atoms with Crippen molar-refractivity contribution in [2.45, 2.75) is 43.0 Å². The van der Waals surface area contributed by atoms with Gasteiger partial charge in [-0.05, 0) is 73.7 Å². The average Bonchev–Trinajstić information content (AvgIpc) is 3.29. The smallest absolute Gasteiger partial charge is 0.243 e. The number of aromatic nitrogens is 1. The van der Waals surface area contributed by atoms with Crippen LogP contribution in [-0.2, 0) is 10.0 Å². The number of hydrogen-bond acceptors (Lipinski definition) is 6. The van der Waals surface area contributed by atoms with Crippen LogP contribution in [-0.4, -0.2) is 67.9 Å². The zero-order valence-electron chi connectivity index (χ0n) is 21.1. The third kappa shape index (κ3) is 5.00. The summed E-state index contributed by atoms with van der Waals surface area (Å²) in [5.74, 6) is 0. The highest BCUT2D eigenvalue weighted by Gasteiger charge is 2.34. The molecule has 2 aromatic heterocycles. The van der Waals surface area contributed by atoms with Crippen LogP contribution >= 0.6 is 11.3 Å². The molecule has 0 spiro atoms. The number of benzene rings is 2. The van der Waals surface area contributed by atoms with Gasteiger partial charge in [0.15, 0.2) is 0 Å². The second kappa shape index (κ2) is 10.7. The van der Waals surface area contributed by atoms with Crippen molar-refractivity contribution < 1.29 is 8.42 Å². The number of anilines is 1. The van der Waals surface area contributed by atoms with Crippen LogP contribution in [0.15, 0.2) is 71.1 Å². The molecular formula is C29H34N4O2S2. The van der Waals surface area contributed by atoms with Crippen molar-refractivity contribution in [3.05, 3.63) is 66.2 Å². The molecule has 0 saturated carbocycles. The monoisotopic (exact) mass is 534 g/mol. The van der Waals surface area contributed by atoms with Crippen LogP contribution in [0.4, 0.5) is 5.69 Å². The van der Waals surface area contributed by atoms with Gasteiger partial charge in [0.05, 0.1) is 10.4 Å². The Morgan fingerprint density at radius 1 is 0.865 bits per heavy atom. The SMILES string of the molecule is O=S(=O)(c1cccc2ncccc12)N1CCCCCC1CCN1CCN(c2cccc3sccc23)CC1. The zero-order valence-corrected chi connectivity index (χ0v) is 22.8. The van der Waals surface area contributed by atoms with Crippen molar-refractivity contribution in [3.8, 4) is 0 Å². The van der Waals surface area contributed by atoms with Gasteiger partial charge in [0.2, 0.25) is 10.0 Å². The lowest BCUT2D eigenvalue weighted by Gasteiger charge is -2.38. The van der Waals surface area contributed by atoms with E-state index >= 15 is 0 Å². The first-order chi connectivity index (χ1) is 18.1. The van der Waals surface area contributed by atoms with Crippen LogP contribution in [0.2, 0.25) is 0 Å². The molecule has 6 rings (SSSR count). The largest absolute Gasteiger partial charge is 0.368 e. The van der Waals surface area contributed by atoms with E-state index in [1.165, 1.54) is 15.8 Å². The van der Waals surface area contributed by atoms with Crippen LogP contribution in [0.25, 0.3) is 21.0 Å². The first kappa shape index (κ1) is 24.8. The summed E-state index contributed by atoms with van der Waals surface area (Å²) in [7, 11) is -3.61. The molecule has 4 aromatic rings. The quantitative estimate of drug-likeness (QED) is 0.323. The van der Waals surface area contributed by atoms with E-state index in [0.29, 0.717) is 16.8 Å². The Bertz CT molecular complexity index is 1470. The summed E-state index contributed by atoms with van der Waals surface area (Å²) in [6.45, 7) is 5.56. The van der Waals surface area contributed by atoms with Gasteiger partial charge in [0.25, 0.3) is 0 Å². The molecule has 2 aliphatic rings. The topological polar surface area (TPSA) is 56.8 Å². The highest BCUT2D eigenvalue weighted by molar-refractivity contribution is 7.89. The normalized spacial score (nSPS) is 20.4. The molecule has 4 heterocycles. The van der Waals surface area contributed by atoms with E-state index in [9.17, 15) is 8.42 Å². The fourth-order valence-electron chi connectivity index (χ4n) is 5.98. The molecule has 0 amide bonds. The van der Waals surface area contributed by atoms with Gasteiger partial charge >= 0.3 is 0 Å². The summed E-state index contributed by atoms with van der Waals surface area (Å²) in [5, 5.41) is 4.24. The Kier molecular flexibility index (Phi) is 7.16. The summed E-state index contributed by atoms with van der Waals surface area (Å²) in [6.07, 6.45) is 6.63. The molecule has 0 radical (unpaired) electrons. The fourth-order valence-corrected chi connectivity index (χ4v) is 8.71. The number of piperazine rings is 1. The van der Waals surface area contributed by atoms with E-state index in [1.807, 2.05) is 28.6 Å². The highest BCUT2D eigenvalue weighted by Crippen LogP contribution is 2.32. The molecule has 2 aromatic carbocycles. The second-order valence-electron chi connectivity index (χ2n) is 10.2. The molecule has 2 aliphatic heterocycles. The minimum absolute atomic E-state index is 0.0389. The van der Waals surface area contributed by atoms with Crippen LogP contribution in [0, 0.1) is 0 Å². The Morgan fingerprint density at radius 3 is 2.62 bits per heavy atom. The van der Waals surface area contributed by atoms with Crippen molar-refractivity contribution in [3.63, 3.8) is 0 Å². The maximum absolute atomic E-state index is 14.0. The van der Waals surface area contributed by atoms with Crippen LogP contribution in [0.3, 0.4) is 0 Å². The molecule has 0 bridgehead atoms. The number of nitrogens with zero attached hydrogens (tertiary/aromatic N) is 4. The first-order valence-corrected chi connectivity index (χ1v) is 15.7. The van der Waals surface area contributed by atoms with Crippen molar-refractivity contribution in [2.24, 2.45) is 0 Å². The molecule has 6 nitrogen and oxygen atoms in total. The Morgan fingerprint density at radius 2 is 1.73 bits per heavy atom. The van der Waals surface area contributed by atoms with Crippen molar-refractivity contribution in [1.82, 2.24) is 14.2 Å². The van der Waals surface area contributed by atoms with Gasteiger partial charge < -0.3 is 4.90 Å². The van der Waals surface area contributed by atoms with E-state index in [1.54, 1.807) is 23.6 Å². The average molecular weight is 535 g/mol. The van der Waals surface area contributed by atoms with Gasteiger partial charge in [-0.25, -0.2) is 8.42 Å². The highest BCUT2D eigenvalue weighted by atomic mass is 32.2. The summed E-state index contributed by atoms with van der Waals surface area (Å²) < 4.78 is 31.1. The Hall–Kier alpha value is -2.52. The van der Waals surface area contributed by atoms with Crippen molar-refractivity contribution in [1.29, 1.82) is 0 Å². The van der Waals surface area contributed by atoms with Gasteiger partial charge in [-0.3, -0.25) is 9.88 Å². The van der Waals surface area contributed by atoms with Crippen LogP contribution < -0.4 is 4.90 Å². The molecule has 37 heavy (non-hydrogen) atoms. The maximum atomic E-state index is 14.0. The molecule has 1 unspecified atom stereocenters. The molecular weight excluding hydrogens is 500 g/mol. The first-order valence-electron chi connectivity index (χ1n) is 13.4. The second-order valence-corrected chi connectivity index (χ2v) is 13.0. The summed E-state index contributed by atoms with van der Waals surface area (Å²) in [6, 6.07) is 18.0. The van der Waals surface area contributed by atoms with E-state index in [4.69, 9.17) is 0 Å². The predicted octanol–water partition coefficient (Wildman–Crippen LogP) is 5.60. The lowest BCUT2D eigenvalue weighted by Crippen LogP contribution is -2.48. The van der Waals surface area contributed by atoms with E-state index in [-0.39, 0.29) is 6.04 Å². The van der Waals surface area contributed by atoms with Gasteiger partial charge in [0.1, 0.15) is 0 Å². The Labute approximate surface area is 223 Å². The van der Waals surface area contributed by atoms with E-state index in [2.05, 4.69) is 44.4 Å². The van der Waals surface area contributed by atoms with E-state index < -0.39 is 10.0 Å². The fraction of sp³-hybridized carbons (Fsp3) is 0.414. The number of pyridine rings is 1. The molecule has 8 heteroatoms. The zero-order chi connectivity index (χ0) is 25.2. The summed E-state index contributed by atoms with van der Waals surface area (Å²) in [5.41, 5.74) is 2.06. The number of thiophene rings is 1. The summed E-state index contributed by atoms with van der Waals surface area (Å²) in [4.78, 5) is 9.79. The lowest BCUT2D eigenvalue weighted by molar-refractivity contribution is 0.218. The van der Waals surface area contributed by atoms with Crippen LogP contribution in [0.5, 0.6) is 0 Å². The minimum Gasteiger partial charge on any atom is -0.368 e. The molecule has 194 valence electrons. The molecule has 2 saturated heterocycles. The van der Waals surface area contributed by atoms with Crippen molar-refractivity contribution >= 4 is 48.0 Å². The third-order valence-corrected chi connectivity index (χ3v) is 10.9. The molecule has 1 atom stereocenters. The number of hydrogen-bond donors (Lipinski definition) is 0. The van der Waals surface area contributed by atoms with Gasteiger partial charge in [0, 0.05) is 66.1 Å². The maximum Gasteiger partial charge on any atom is 0.243 e. The standard InChI is InChI=1S/C29H34N4O2S2/c34-37(35,29-12-4-9-26-24(29)8-6-15-30-26)33-16-3-1-2-7-23(33)13-17-31-18-20-32(21-19-31)27-10-5-11-28-25(27)14-22-36-28/h4-6,8-12,14-15,22-23H,1-3,7,13,16-21H2. The predicted molar refractivity (Wildman–Crippen MR) is 153 cm³/mol. The van der Waals surface area contributed by atoms with Crippen molar-refractivity contribution in [2.75, 3.05) is 44.2 Å². The van der Waals surface area contributed by atoms with Gasteiger partial charge in [-0.15, -0.1) is 11.3 Å².